The van der Waals surface area contributed by atoms with E-state index in [9.17, 15) is 4.79 Å². The van der Waals surface area contributed by atoms with Crippen molar-refractivity contribution < 1.29 is 4.79 Å². The number of benzene rings is 1. The molecule has 0 unspecified atom stereocenters. The summed E-state index contributed by atoms with van der Waals surface area (Å²) in [6.45, 7) is 7.55. The van der Waals surface area contributed by atoms with Crippen LogP contribution in [0.15, 0.2) is 42.7 Å². The lowest BCUT2D eigenvalue weighted by molar-refractivity contribution is 0.0746. The van der Waals surface area contributed by atoms with Gasteiger partial charge in [-0.25, -0.2) is 0 Å². The SMILES string of the molecule is Cc1cccc(C)c1N1CCN(C(=O)c2cccnc2)CC1. The number of nitrogens with zero attached hydrogens (tertiary/aromatic N) is 3. The Morgan fingerprint density at radius 2 is 1.68 bits per heavy atom. The number of amides is 1. The first-order valence-electron chi connectivity index (χ1n) is 7.67. The molecule has 0 radical (unpaired) electrons. The summed E-state index contributed by atoms with van der Waals surface area (Å²) < 4.78 is 0. The fourth-order valence-electron chi connectivity index (χ4n) is 3.11. The van der Waals surface area contributed by atoms with Gasteiger partial charge in [-0.05, 0) is 37.1 Å². The van der Waals surface area contributed by atoms with Crippen LogP contribution in [-0.2, 0) is 0 Å². The highest BCUT2D eigenvalue weighted by Crippen LogP contribution is 2.25. The van der Waals surface area contributed by atoms with E-state index in [0.717, 1.165) is 26.2 Å². The number of pyridine rings is 1. The number of anilines is 1. The monoisotopic (exact) mass is 295 g/mol. The van der Waals surface area contributed by atoms with E-state index in [4.69, 9.17) is 0 Å². The zero-order valence-corrected chi connectivity index (χ0v) is 13.1. The van der Waals surface area contributed by atoms with Crippen molar-refractivity contribution in [2.45, 2.75) is 13.8 Å². The van der Waals surface area contributed by atoms with Crippen LogP contribution in [0.1, 0.15) is 21.5 Å². The predicted molar refractivity (Wildman–Crippen MR) is 88.3 cm³/mol. The molecule has 2 heterocycles. The molecule has 0 bridgehead atoms. The van der Waals surface area contributed by atoms with Gasteiger partial charge in [-0.3, -0.25) is 9.78 Å². The molecule has 4 heteroatoms. The molecule has 1 aliphatic rings. The minimum absolute atomic E-state index is 0.0780. The van der Waals surface area contributed by atoms with Gasteiger partial charge in [0.05, 0.1) is 5.56 Å². The molecule has 1 aliphatic heterocycles. The molecule has 0 atom stereocenters. The second kappa shape index (κ2) is 6.18. The normalized spacial score (nSPS) is 15.0. The Balaban J connectivity index is 1.69. The van der Waals surface area contributed by atoms with Gasteiger partial charge in [-0.1, -0.05) is 18.2 Å². The summed E-state index contributed by atoms with van der Waals surface area (Å²) in [5.41, 5.74) is 4.58. The van der Waals surface area contributed by atoms with Gasteiger partial charge < -0.3 is 9.80 Å². The highest BCUT2D eigenvalue weighted by Gasteiger charge is 2.23. The van der Waals surface area contributed by atoms with Crippen LogP contribution in [-0.4, -0.2) is 42.0 Å². The fraction of sp³-hybridized carbons (Fsp3) is 0.333. The Morgan fingerprint density at radius 1 is 1.00 bits per heavy atom. The lowest BCUT2D eigenvalue weighted by atomic mass is 10.1. The molecule has 0 N–H and O–H groups in total. The van der Waals surface area contributed by atoms with Crippen LogP contribution in [0.2, 0.25) is 0 Å². The third kappa shape index (κ3) is 2.82. The fourth-order valence-corrected chi connectivity index (χ4v) is 3.11. The van der Waals surface area contributed by atoms with Crippen LogP contribution in [0, 0.1) is 13.8 Å². The Bertz CT molecular complexity index is 641. The van der Waals surface area contributed by atoms with Gasteiger partial charge in [0.25, 0.3) is 5.91 Å². The average Bonchev–Trinajstić information content (AvgIpc) is 2.55. The topological polar surface area (TPSA) is 36.4 Å². The van der Waals surface area contributed by atoms with Crippen molar-refractivity contribution in [1.29, 1.82) is 0 Å². The average molecular weight is 295 g/mol. The highest BCUT2D eigenvalue weighted by molar-refractivity contribution is 5.94. The summed E-state index contributed by atoms with van der Waals surface area (Å²) in [6.07, 6.45) is 3.33. The molecule has 2 aromatic rings. The smallest absolute Gasteiger partial charge is 0.255 e. The summed E-state index contributed by atoms with van der Waals surface area (Å²) in [5, 5.41) is 0. The predicted octanol–water partition coefficient (Wildman–Crippen LogP) is 2.66. The minimum Gasteiger partial charge on any atom is -0.368 e. The zero-order chi connectivity index (χ0) is 15.5. The van der Waals surface area contributed by atoms with Crippen molar-refractivity contribution in [3.8, 4) is 0 Å². The first-order valence-corrected chi connectivity index (χ1v) is 7.67. The maximum Gasteiger partial charge on any atom is 0.255 e. The van der Waals surface area contributed by atoms with Crippen molar-refractivity contribution in [1.82, 2.24) is 9.88 Å². The summed E-state index contributed by atoms with van der Waals surface area (Å²) in [5.74, 6) is 0.0780. The van der Waals surface area contributed by atoms with Crippen LogP contribution in [0.4, 0.5) is 5.69 Å². The van der Waals surface area contributed by atoms with Crippen LogP contribution in [0.3, 0.4) is 0 Å². The molecule has 0 aliphatic carbocycles. The van der Waals surface area contributed by atoms with Gasteiger partial charge in [0.15, 0.2) is 0 Å². The minimum atomic E-state index is 0.0780. The third-order valence-corrected chi connectivity index (χ3v) is 4.23. The summed E-state index contributed by atoms with van der Waals surface area (Å²) in [4.78, 5) is 20.8. The number of rotatable bonds is 2. The molecule has 114 valence electrons. The van der Waals surface area contributed by atoms with Crippen molar-refractivity contribution in [2.75, 3.05) is 31.1 Å². The van der Waals surface area contributed by atoms with Crippen LogP contribution >= 0.6 is 0 Å². The largest absolute Gasteiger partial charge is 0.368 e. The lowest BCUT2D eigenvalue weighted by Crippen LogP contribution is -2.49. The van der Waals surface area contributed by atoms with E-state index in [0.29, 0.717) is 5.56 Å². The van der Waals surface area contributed by atoms with Crippen LogP contribution < -0.4 is 4.90 Å². The Labute approximate surface area is 131 Å². The van der Waals surface area contributed by atoms with Crippen molar-refractivity contribution in [3.05, 3.63) is 59.4 Å². The Morgan fingerprint density at radius 3 is 2.27 bits per heavy atom. The van der Waals surface area contributed by atoms with Gasteiger partial charge in [0, 0.05) is 44.3 Å². The molecule has 4 nitrogen and oxygen atoms in total. The molecule has 1 saturated heterocycles. The summed E-state index contributed by atoms with van der Waals surface area (Å²) in [7, 11) is 0. The molecular weight excluding hydrogens is 274 g/mol. The standard InChI is InChI=1S/C18H21N3O/c1-14-5-3-6-15(2)17(14)20-9-11-21(12-10-20)18(22)16-7-4-8-19-13-16/h3-8,13H,9-12H2,1-2H3. The second-order valence-corrected chi connectivity index (χ2v) is 5.76. The molecule has 1 aromatic carbocycles. The van der Waals surface area contributed by atoms with Gasteiger partial charge in [-0.15, -0.1) is 0 Å². The second-order valence-electron chi connectivity index (χ2n) is 5.76. The van der Waals surface area contributed by atoms with Crippen LogP contribution in [0.25, 0.3) is 0 Å². The summed E-state index contributed by atoms with van der Waals surface area (Å²) >= 11 is 0. The van der Waals surface area contributed by atoms with Gasteiger partial charge in [-0.2, -0.15) is 0 Å². The van der Waals surface area contributed by atoms with Gasteiger partial charge in [0.1, 0.15) is 0 Å². The maximum atomic E-state index is 12.4. The quantitative estimate of drug-likeness (QED) is 0.854. The van der Waals surface area contributed by atoms with E-state index in [1.165, 1.54) is 16.8 Å². The number of carbonyl (C=O) groups excluding carboxylic acids is 1. The molecule has 3 rings (SSSR count). The zero-order valence-electron chi connectivity index (χ0n) is 13.1. The highest BCUT2D eigenvalue weighted by atomic mass is 16.2. The number of hydrogen-bond donors (Lipinski definition) is 0. The molecule has 0 saturated carbocycles. The number of carbonyl (C=O) groups is 1. The number of aryl methyl sites for hydroxylation is 2. The van der Waals surface area contributed by atoms with Crippen LogP contribution in [0.5, 0.6) is 0 Å². The lowest BCUT2D eigenvalue weighted by Gasteiger charge is -2.37. The number of para-hydroxylation sites is 1. The van der Waals surface area contributed by atoms with E-state index in [1.807, 2.05) is 11.0 Å². The first kappa shape index (κ1) is 14.6. The Hall–Kier alpha value is -2.36. The van der Waals surface area contributed by atoms with Crippen molar-refractivity contribution in [2.24, 2.45) is 0 Å². The molecule has 0 spiro atoms. The molecule has 1 amide bonds. The maximum absolute atomic E-state index is 12.4. The van der Waals surface area contributed by atoms with E-state index in [2.05, 4.69) is 41.9 Å². The van der Waals surface area contributed by atoms with Gasteiger partial charge in [0.2, 0.25) is 0 Å². The molecular formula is C18H21N3O. The number of aromatic nitrogens is 1. The van der Waals surface area contributed by atoms with Crippen molar-refractivity contribution >= 4 is 11.6 Å². The van der Waals surface area contributed by atoms with Gasteiger partial charge >= 0.3 is 0 Å². The first-order chi connectivity index (χ1) is 10.7. The molecule has 22 heavy (non-hydrogen) atoms. The third-order valence-electron chi connectivity index (χ3n) is 4.23. The van der Waals surface area contributed by atoms with Crippen molar-refractivity contribution in [3.63, 3.8) is 0 Å². The number of piperazine rings is 1. The van der Waals surface area contributed by atoms with E-state index in [-0.39, 0.29) is 5.91 Å². The molecule has 1 fully saturated rings. The summed E-state index contributed by atoms with van der Waals surface area (Å²) in [6, 6.07) is 10.0. The molecule has 1 aromatic heterocycles. The Kier molecular flexibility index (Phi) is 4.09. The van der Waals surface area contributed by atoms with E-state index < -0.39 is 0 Å². The van der Waals surface area contributed by atoms with E-state index in [1.54, 1.807) is 18.5 Å². The van der Waals surface area contributed by atoms with E-state index >= 15 is 0 Å². The number of hydrogen-bond acceptors (Lipinski definition) is 3.